The number of aromatic nitrogens is 2. The van der Waals surface area contributed by atoms with Crippen LogP contribution in [0.5, 0.6) is 0 Å². The molecule has 1 aliphatic rings. The Kier molecular flexibility index (Phi) is 6.34. The van der Waals surface area contributed by atoms with Crippen molar-refractivity contribution in [2.75, 3.05) is 0 Å². The number of nitrogens with zero attached hydrogens (tertiary/aromatic N) is 2. The van der Waals surface area contributed by atoms with E-state index in [9.17, 15) is 0 Å². The van der Waals surface area contributed by atoms with Crippen LogP contribution in [0.2, 0.25) is 0 Å². The fraction of sp³-hybridized carbons (Fsp3) is 0.190. The molecular weight excluding hydrogens is 532 g/mol. The van der Waals surface area contributed by atoms with E-state index in [2.05, 4.69) is 152 Å². The maximum absolute atomic E-state index is 2.46. The van der Waals surface area contributed by atoms with Gasteiger partial charge in [-0.2, -0.15) is 0 Å². The molecule has 0 amide bonds. The van der Waals surface area contributed by atoms with Crippen LogP contribution in [0.1, 0.15) is 58.8 Å². The van der Waals surface area contributed by atoms with E-state index in [1.165, 1.54) is 83.2 Å². The lowest BCUT2D eigenvalue weighted by Crippen LogP contribution is -2.07. The van der Waals surface area contributed by atoms with Crippen molar-refractivity contribution in [2.45, 2.75) is 52.9 Å². The normalized spacial score (nSPS) is 14.6. The zero-order valence-corrected chi connectivity index (χ0v) is 26.1. The molecule has 0 saturated carbocycles. The Morgan fingerprint density at radius 1 is 0.568 bits per heavy atom. The number of hydrogen-bond acceptors (Lipinski definition) is 0. The van der Waals surface area contributed by atoms with E-state index in [4.69, 9.17) is 0 Å². The lowest BCUT2D eigenvalue weighted by Gasteiger charge is -2.20. The van der Waals surface area contributed by atoms with E-state index in [0.29, 0.717) is 5.92 Å². The average Bonchev–Trinajstić information content (AvgIpc) is 3.56. The van der Waals surface area contributed by atoms with Crippen LogP contribution >= 0.6 is 0 Å². The molecule has 2 nitrogen and oxygen atoms in total. The molecule has 5 aromatic carbocycles. The van der Waals surface area contributed by atoms with Gasteiger partial charge in [-0.15, -0.1) is 0 Å². The highest BCUT2D eigenvalue weighted by Crippen LogP contribution is 2.41. The number of aryl methyl sites for hydroxylation is 4. The molecule has 0 radical (unpaired) electrons. The van der Waals surface area contributed by atoms with Crippen molar-refractivity contribution in [3.63, 3.8) is 0 Å². The van der Waals surface area contributed by atoms with Gasteiger partial charge >= 0.3 is 0 Å². The second kappa shape index (κ2) is 10.4. The van der Waals surface area contributed by atoms with E-state index >= 15 is 0 Å². The van der Waals surface area contributed by atoms with Gasteiger partial charge in [0.1, 0.15) is 0 Å². The highest BCUT2D eigenvalue weighted by Gasteiger charge is 2.24. The average molecular weight is 571 g/mol. The third kappa shape index (κ3) is 4.24. The first-order valence-corrected chi connectivity index (χ1v) is 16.1. The SMILES string of the molecule is CCc1ccc(-n2c3c(c4cc(C)ccc42)CC(c2ccc4c(c2)c2cc(C)ccc2n4-c2ccc(CC)cc2)C=C3)cc1. The summed E-state index contributed by atoms with van der Waals surface area (Å²) in [7, 11) is 0. The number of fused-ring (bicyclic) bond motifs is 6. The zero-order valence-electron chi connectivity index (χ0n) is 26.1. The Labute approximate surface area is 259 Å². The Bertz CT molecular complexity index is 2220. The predicted octanol–water partition coefficient (Wildman–Crippen LogP) is 10.8. The first-order chi connectivity index (χ1) is 21.5. The van der Waals surface area contributed by atoms with Crippen molar-refractivity contribution in [2.24, 2.45) is 0 Å². The monoisotopic (exact) mass is 570 g/mol. The van der Waals surface area contributed by atoms with E-state index < -0.39 is 0 Å². The van der Waals surface area contributed by atoms with E-state index in [1.807, 2.05) is 0 Å². The highest BCUT2D eigenvalue weighted by atomic mass is 15.0. The Hall–Kier alpha value is -4.82. The van der Waals surface area contributed by atoms with Gasteiger partial charge in [0.25, 0.3) is 0 Å². The second-order valence-corrected chi connectivity index (χ2v) is 12.6. The van der Waals surface area contributed by atoms with Crippen LogP contribution in [-0.2, 0) is 19.3 Å². The molecule has 8 rings (SSSR count). The van der Waals surface area contributed by atoms with Crippen molar-refractivity contribution in [3.8, 4) is 11.4 Å². The fourth-order valence-corrected chi connectivity index (χ4v) is 7.31. The smallest absolute Gasteiger partial charge is 0.0541 e. The maximum atomic E-state index is 2.46. The van der Waals surface area contributed by atoms with Crippen LogP contribution in [0.15, 0.2) is 109 Å². The molecule has 1 unspecified atom stereocenters. The van der Waals surface area contributed by atoms with Crippen LogP contribution in [0, 0.1) is 13.8 Å². The molecule has 2 heteroatoms. The van der Waals surface area contributed by atoms with Gasteiger partial charge in [-0.3, -0.25) is 0 Å². The van der Waals surface area contributed by atoms with Crippen LogP contribution < -0.4 is 0 Å². The van der Waals surface area contributed by atoms with E-state index in [0.717, 1.165) is 19.3 Å². The number of hydrogen-bond donors (Lipinski definition) is 0. The van der Waals surface area contributed by atoms with E-state index in [1.54, 1.807) is 0 Å². The van der Waals surface area contributed by atoms with Crippen molar-refractivity contribution in [3.05, 3.63) is 148 Å². The largest absolute Gasteiger partial charge is 0.310 e. The van der Waals surface area contributed by atoms with Crippen LogP contribution in [0.25, 0.3) is 50.2 Å². The molecule has 2 aromatic heterocycles. The molecule has 7 aromatic rings. The molecule has 0 N–H and O–H groups in total. The molecule has 0 saturated heterocycles. The summed E-state index contributed by atoms with van der Waals surface area (Å²) >= 11 is 0. The molecule has 216 valence electrons. The van der Waals surface area contributed by atoms with E-state index in [-0.39, 0.29) is 0 Å². The topological polar surface area (TPSA) is 9.86 Å². The third-order valence-corrected chi connectivity index (χ3v) is 9.76. The molecule has 1 atom stereocenters. The Balaban J connectivity index is 1.26. The summed E-state index contributed by atoms with van der Waals surface area (Å²) in [4.78, 5) is 0. The Morgan fingerprint density at radius 2 is 1.09 bits per heavy atom. The molecule has 0 spiro atoms. The minimum atomic E-state index is 0.320. The summed E-state index contributed by atoms with van der Waals surface area (Å²) in [5.41, 5.74) is 15.7. The number of benzene rings is 5. The summed E-state index contributed by atoms with van der Waals surface area (Å²) in [6.07, 6.45) is 7.91. The number of allylic oxidation sites excluding steroid dienone is 1. The first kappa shape index (κ1) is 26.8. The quantitative estimate of drug-likeness (QED) is 0.195. The minimum absolute atomic E-state index is 0.320. The van der Waals surface area contributed by atoms with Crippen molar-refractivity contribution in [1.29, 1.82) is 0 Å². The van der Waals surface area contributed by atoms with Gasteiger partial charge in [-0.1, -0.05) is 73.5 Å². The zero-order chi connectivity index (χ0) is 29.9. The van der Waals surface area contributed by atoms with Crippen LogP contribution in [0.4, 0.5) is 0 Å². The summed E-state index contributed by atoms with van der Waals surface area (Å²) in [5, 5.41) is 4.02. The standard InChI is InChI=1S/C42H38N2/c1-5-29-9-15-33(16-10-29)43-39-19-7-27(3)23-35(39)37-25-31(13-21-41(37)43)32-14-22-42-38(26-32)36-24-28(4)8-20-40(36)44(42)34-17-11-30(6-2)12-18-34/h7-25,32H,5-6,26H2,1-4H3. The van der Waals surface area contributed by atoms with Gasteiger partial charge in [0.15, 0.2) is 0 Å². The van der Waals surface area contributed by atoms with Crippen LogP contribution in [0.3, 0.4) is 0 Å². The first-order valence-electron chi connectivity index (χ1n) is 16.1. The van der Waals surface area contributed by atoms with Gasteiger partial charge in [0.2, 0.25) is 0 Å². The van der Waals surface area contributed by atoms with Crippen molar-refractivity contribution >= 4 is 38.8 Å². The summed E-state index contributed by atoms with van der Waals surface area (Å²) in [6.45, 7) is 8.83. The minimum Gasteiger partial charge on any atom is -0.310 e. The fourth-order valence-electron chi connectivity index (χ4n) is 7.31. The van der Waals surface area contributed by atoms with Gasteiger partial charge in [0, 0.05) is 39.1 Å². The summed E-state index contributed by atoms with van der Waals surface area (Å²) in [6, 6.07) is 39.1. The highest BCUT2D eigenvalue weighted by molar-refractivity contribution is 6.09. The molecule has 0 aliphatic heterocycles. The maximum Gasteiger partial charge on any atom is 0.0541 e. The predicted molar refractivity (Wildman–Crippen MR) is 188 cm³/mol. The molecule has 0 fully saturated rings. The van der Waals surface area contributed by atoms with Gasteiger partial charge < -0.3 is 9.13 Å². The molecule has 1 aliphatic carbocycles. The third-order valence-electron chi connectivity index (χ3n) is 9.76. The Morgan fingerprint density at radius 3 is 1.70 bits per heavy atom. The van der Waals surface area contributed by atoms with Gasteiger partial charge in [0.05, 0.1) is 16.6 Å². The molecule has 2 heterocycles. The van der Waals surface area contributed by atoms with Gasteiger partial charge in [-0.05, 0) is 122 Å². The molecule has 44 heavy (non-hydrogen) atoms. The second-order valence-electron chi connectivity index (χ2n) is 12.6. The van der Waals surface area contributed by atoms with Crippen LogP contribution in [-0.4, -0.2) is 9.13 Å². The molecular formula is C42H38N2. The van der Waals surface area contributed by atoms with Gasteiger partial charge in [-0.25, -0.2) is 0 Å². The van der Waals surface area contributed by atoms with Crippen molar-refractivity contribution < 1.29 is 0 Å². The lowest BCUT2D eigenvalue weighted by atomic mass is 9.86. The van der Waals surface area contributed by atoms with Crippen molar-refractivity contribution in [1.82, 2.24) is 9.13 Å². The lowest BCUT2D eigenvalue weighted by molar-refractivity contribution is 0.826. The number of rotatable bonds is 5. The summed E-state index contributed by atoms with van der Waals surface area (Å²) < 4.78 is 4.89. The summed E-state index contributed by atoms with van der Waals surface area (Å²) in [5.74, 6) is 0.320. The molecule has 0 bridgehead atoms.